The number of rotatable bonds is 3. The lowest BCUT2D eigenvalue weighted by molar-refractivity contribution is 1.18. The molecule has 3 heteroatoms. The van der Waals surface area contributed by atoms with Gasteiger partial charge in [-0.3, -0.25) is 4.98 Å². The molecule has 3 nitrogen and oxygen atoms in total. The fourth-order valence-corrected chi connectivity index (χ4v) is 3.61. The molecule has 138 valence electrons. The number of hydrogen-bond donors (Lipinski definition) is 0. The zero-order chi connectivity index (χ0) is 19.6. The van der Waals surface area contributed by atoms with Crippen molar-refractivity contribution in [2.75, 3.05) is 0 Å². The summed E-state index contributed by atoms with van der Waals surface area (Å²) >= 11 is 0. The first kappa shape index (κ1) is 17.3. The highest BCUT2D eigenvalue weighted by Gasteiger charge is 2.07. The second kappa shape index (κ2) is 7.28. The van der Waals surface area contributed by atoms with Gasteiger partial charge in [0.1, 0.15) is 6.33 Å². The Kier molecular flexibility index (Phi) is 4.34. The van der Waals surface area contributed by atoms with Gasteiger partial charge in [-0.1, -0.05) is 66.7 Å². The van der Waals surface area contributed by atoms with Crippen LogP contribution < -0.4 is 0 Å². The number of aryl methyl sites for hydroxylation is 1. The Balaban J connectivity index is 1.52. The number of nitrogens with zero attached hydrogens (tertiary/aromatic N) is 3. The van der Waals surface area contributed by atoms with Crippen molar-refractivity contribution in [3.63, 3.8) is 0 Å². The third-order valence-electron chi connectivity index (χ3n) is 5.13. The SMILES string of the molecule is Cc1ccc2c(-c3ccc(-c4cc(-c5ccccc5)ncn4)cc3)ccnc2c1. The third-order valence-corrected chi connectivity index (χ3v) is 5.13. The Bertz CT molecular complexity index is 1290. The Labute approximate surface area is 169 Å². The van der Waals surface area contributed by atoms with Crippen LogP contribution in [-0.2, 0) is 0 Å². The summed E-state index contributed by atoms with van der Waals surface area (Å²) in [6.07, 6.45) is 3.51. The van der Waals surface area contributed by atoms with Crippen LogP contribution in [0.15, 0.2) is 97.5 Å². The maximum absolute atomic E-state index is 4.51. The molecular weight excluding hydrogens is 354 g/mol. The van der Waals surface area contributed by atoms with Gasteiger partial charge in [0.05, 0.1) is 16.9 Å². The van der Waals surface area contributed by atoms with Gasteiger partial charge in [-0.15, -0.1) is 0 Å². The van der Waals surface area contributed by atoms with Crippen molar-refractivity contribution < 1.29 is 0 Å². The molecule has 2 aromatic heterocycles. The Morgan fingerprint density at radius 3 is 2.03 bits per heavy atom. The standard InChI is InChI=1S/C26H19N3/c1-18-7-12-23-22(13-14-27-26(23)15-18)19-8-10-21(11-9-19)25-16-24(28-17-29-25)20-5-3-2-4-6-20/h2-17H,1H3. The van der Waals surface area contributed by atoms with Crippen LogP contribution >= 0.6 is 0 Å². The molecule has 0 unspecified atom stereocenters. The molecule has 0 aliphatic heterocycles. The molecule has 0 N–H and O–H groups in total. The van der Waals surface area contributed by atoms with Crippen LogP contribution in [0.4, 0.5) is 0 Å². The summed E-state index contributed by atoms with van der Waals surface area (Å²) in [7, 11) is 0. The second-order valence-electron chi connectivity index (χ2n) is 7.11. The van der Waals surface area contributed by atoms with Crippen molar-refractivity contribution in [1.82, 2.24) is 15.0 Å². The topological polar surface area (TPSA) is 38.7 Å². The largest absolute Gasteiger partial charge is 0.256 e. The molecule has 0 saturated heterocycles. The summed E-state index contributed by atoms with van der Waals surface area (Å²) < 4.78 is 0. The van der Waals surface area contributed by atoms with Crippen molar-refractivity contribution in [3.8, 4) is 33.6 Å². The van der Waals surface area contributed by atoms with E-state index in [-0.39, 0.29) is 0 Å². The zero-order valence-electron chi connectivity index (χ0n) is 16.1. The molecular formula is C26H19N3. The maximum atomic E-state index is 4.51. The summed E-state index contributed by atoms with van der Waals surface area (Å²) in [5.74, 6) is 0. The van der Waals surface area contributed by atoms with E-state index in [1.807, 2.05) is 30.5 Å². The average Bonchev–Trinajstić information content (AvgIpc) is 2.79. The monoisotopic (exact) mass is 373 g/mol. The van der Waals surface area contributed by atoms with Gasteiger partial charge in [0.25, 0.3) is 0 Å². The van der Waals surface area contributed by atoms with Gasteiger partial charge in [0.15, 0.2) is 0 Å². The molecule has 0 bridgehead atoms. The summed E-state index contributed by atoms with van der Waals surface area (Å²) in [4.78, 5) is 13.4. The van der Waals surface area contributed by atoms with Crippen molar-refractivity contribution in [3.05, 3.63) is 103 Å². The molecule has 0 aliphatic rings. The summed E-state index contributed by atoms with van der Waals surface area (Å²) in [6.45, 7) is 2.09. The molecule has 0 spiro atoms. The lowest BCUT2D eigenvalue weighted by Gasteiger charge is -2.09. The quantitative estimate of drug-likeness (QED) is 0.371. The molecule has 0 amide bonds. The van der Waals surface area contributed by atoms with Crippen LogP contribution in [0.1, 0.15) is 5.56 Å². The van der Waals surface area contributed by atoms with Crippen molar-refractivity contribution in [1.29, 1.82) is 0 Å². The smallest absolute Gasteiger partial charge is 0.116 e. The minimum Gasteiger partial charge on any atom is -0.256 e. The first-order valence-electron chi connectivity index (χ1n) is 9.61. The van der Waals surface area contributed by atoms with E-state index in [4.69, 9.17) is 0 Å². The fourth-order valence-electron chi connectivity index (χ4n) is 3.61. The van der Waals surface area contributed by atoms with Crippen molar-refractivity contribution >= 4 is 10.9 Å². The highest BCUT2D eigenvalue weighted by molar-refractivity contribution is 5.94. The van der Waals surface area contributed by atoms with E-state index in [0.29, 0.717) is 0 Å². The Morgan fingerprint density at radius 2 is 1.28 bits per heavy atom. The Morgan fingerprint density at radius 1 is 0.586 bits per heavy atom. The van der Waals surface area contributed by atoms with Gasteiger partial charge in [0, 0.05) is 22.7 Å². The fraction of sp³-hybridized carbons (Fsp3) is 0.0385. The Hall–Kier alpha value is -3.85. The first-order valence-corrected chi connectivity index (χ1v) is 9.61. The predicted molar refractivity (Wildman–Crippen MR) is 118 cm³/mol. The van der Waals surface area contributed by atoms with E-state index >= 15 is 0 Å². The van der Waals surface area contributed by atoms with E-state index in [9.17, 15) is 0 Å². The summed E-state index contributed by atoms with van der Waals surface area (Å²) in [5.41, 5.74) is 8.60. The third kappa shape index (κ3) is 3.39. The maximum Gasteiger partial charge on any atom is 0.116 e. The van der Waals surface area contributed by atoms with Crippen LogP contribution in [0.2, 0.25) is 0 Å². The van der Waals surface area contributed by atoms with E-state index in [0.717, 1.165) is 28.0 Å². The number of benzene rings is 3. The van der Waals surface area contributed by atoms with Gasteiger partial charge in [-0.05, 0) is 41.8 Å². The van der Waals surface area contributed by atoms with E-state index in [1.165, 1.54) is 22.1 Å². The summed E-state index contributed by atoms with van der Waals surface area (Å²) in [6, 6.07) is 29.2. The van der Waals surface area contributed by atoms with E-state index in [2.05, 4.69) is 82.5 Å². The number of hydrogen-bond acceptors (Lipinski definition) is 3. The molecule has 5 aromatic rings. The van der Waals surface area contributed by atoms with Gasteiger partial charge in [0.2, 0.25) is 0 Å². The highest BCUT2D eigenvalue weighted by atomic mass is 14.8. The van der Waals surface area contributed by atoms with Crippen LogP contribution in [0.3, 0.4) is 0 Å². The summed E-state index contributed by atoms with van der Waals surface area (Å²) in [5, 5.41) is 1.17. The lowest BCUT2D eigenvalue weighted by atomic mass is 9.98. The zero-order valence-corrected chi connectivity index (χ0v) is 16.1. The second-order valence-corrected chi connectivity index (χ2v) is 7.11. The molecule has 0 aliphatic carbocycles. The van der Waals surface area contributed by atoms with E-state index < -0.39 is 0 Å². The average molecular weight is 373 g/mol. The van der Waals surface area contributed by atoms with Gasteiger partial charge >= 0.3 is 0 Å². The van der Waals surface area contributed by atoms with E-state index in [1.54, 1.807) is 6.33 Å². The minimum absolute atomic E-state index is 0.917. The van der Waals surface area contributed by atoms with Gasteiger partial charge in [-0.2, -0.15) is 0 Å². The molecule has 29 heavy (non-hydrogen) atoms. The van der Waals surface area contributed by atoms with Crippen molar-refractivity contribution in [2.24, 2.45) is 0 Å². The normalized spacial score (nSPS) is 10.9. The van der Waals surface area contributed by atoms with Crippen LogP contribution in [0.5, 0.6) is 0 Å². The molecule has 0 fully saturated rings. The lowest BCUT2D eigenvalue weighted by Crippen LogP contribution is -1.90. The number of pyridine rings is 1. The molecule has 2 heterocycles. The first-order chi connectivity index (χ1) is 14.3. The van der Waals surface area contributed by atoms with Gasteiger partial charge < -0.3 is 0 Å². The number of aromatic nitrogens is 3. The van der Waals surface area contributed by atoms with Crippen LogP contribution in [0, 0.1) is 6.92 Å². The molecule has 0 radical (unpaired) electrons. The van der Waals surface area contributed by atoms with Crippen LogP contribution in [-0.4, -0.2) is 15.0 Å². The van der Waals surface area contributed by atoms with Crippen molar-refractivity contribution in [2.45, 2.75) is 6.92 Å². The predicted octanol–water partition coefficient (Wildman–Crippen LogP) is 6.33. The molecule has 5 rings (SSSR count). The minimum atomic E-state index is 0.917. The van der Waals surface area contributed by atoms with Crippen LogP contribution in [0.25, 0.3) is 44.5 Å². The highest BCUT2D eigenvalue weighted by Crippen LogP contribution is 2.30. The molecule has 0 atom stereocenters. The van der Waals surface area contributed by atoms with Gasteiger partial charge in [-0.25, -0.2) is 9.97 Å². The molecule has 0 saturated carbocycles. The number of fused-ring (bicyclic) bond motifs is 1. The molecule has 3 aromatic carbocycles.